The fraction of sp³-hybridized carbons (Fsp3) is 0.700. The Labute approximate surface area is 513 Å². The summed E-state index contributed by atoms with van der Waals surface area (Å²) in [5.41, 5.74) is 8.71. The molecule has 484 valence electrons. The van der Waals surface area contributed by atoms with Gasteiger partial charge in [0, 0.05) is 61.0 Å². The highest BCUT2D eigenvalue weighted by molar-refractivity contribution is 8.00. The predicted molar refractivity (Wildman–Crippen MR) is 326 cm³/mol. The predicted octanol–water partition coefficient (Wildman–Crippen LogP) is 4.75. The maximum absolute atomic E-state index is 12.6. The third-order valence-corrected chi connectivity index (χ3v) is 14.1. The third kappa shape index (κ3) is 43.1. The molecule has 0 aromatic heterocycles. The standard InChI is InChI=1S/C60H98ClN5O18S/c1-71-56-46-50(6-4-5-17-61)9-12-52(56)15-20-72-23-19-64-59(69)53-13-10-51(11-14-53)48-65-58(68)16-21-73-24-26-75-28-30-77-32-34-79-36-38-81-40-42-83-44-45-84-43-41-82-39-37-80-35-33-78-31-29-76-27-25-74-22-18-63-57(67)8-3-2-7-55-47-54(49-85-55)66-60(62)70/h4,6,9-14,46,54-55H,2-3,5,7-8,15-45,47-49H2,1H3,(H,63,67)(H,64,69)(H,65,68)(H3,62,66,70)/b6-4+/t54?,55-/m0/s1. The minimum Gasteiger partial charge on any atom is -0.496 e. The Bertz CT molecular complexity index is 2020. The van der Waals surface area contributed by atoms with Crippen molar-refractivity contribution in [3.8, 4) is 5.75 Å². The maximum atomic E-state index is 12.6. The molecule has 1 aliphatic heterocycles. The van der Waals surface area contributed by atoms with Crippen LogP contribution in [-0.2, 0) is 84.1 Å². The van der Waals surface area contributed by atoms with E-state index in [1.165, 1.54) is 0 Å². The molecule has 2 aromatic carbocycles. The fourth-order valence-electron chi connectivity index (χ4n) is 7.94. The molecule has 5 amide bonds. The van der Waals surface area contributed by atoms with Crippen molar-refractivity contribution < 1.29 is 85.5 Å². The van der Waals surface area contributed by atoms with Crippen molar-refractivity contribution in [1.29, 1.82) is 0 Å². The zero-order chi connectivity index (χ0) is 60.7. The van der Waals surface area contributed by atoms with Gasteiger partial charge in [0.2, 0.25) is 11.8 Å². The molecule has 0 spiro atoms. The van der Waals surface area contributed by atoms with Crippen molar-refractivity contribution in [3.05, 3.63) is 70.8 Å². The highest BCUT2D eigenvalue weighted by Crippen LogP contribution is 2.30. The van der Waals surface area contributed by atoms with Gasteiger partial charge in [-0.05, 0) is 67.0 Å². The van der Waals surface area contributed by atoms with Gasteiger partial charge in [0.15, 0.2) is 0 Å². The van der Waals surface area contributed by atoms with Crippen molar-refractivity contribution in [1.82, 2.24) is 21.3 Å². The number of alkyl halides is 1. The molecule has 0 radical (unpaired) electrons. The van der Waals surface area contributed by atoms with Crippen molar-refractivity contribution in [2.75, 3.05) is 204 Å². The second-order valence-corrected chi connectivity index (χ2v) is 20.8. The first-order chi connectivity index (χ1) is 41.8. The number of hydrogen-bond donors (Lipinski definition) is 5. The molecule has 85 heavy (non-hydrogen) atoms. The van der Waals surface area contributed by atoms with E-state index in [4.69, 9.17) is 83.7 Å². The van der Waals surface area contributed by atoms with Gasteiger partial charge in [0.25, 0.3) is 5.91 Å². The summed E-state index contributed by atoms with van der Waals surface area (Å²) in [6.45, 7) is 12.7. The van der Waals surface area contributed by atoms with E-state index in [1.54, 1.807) is 19.2 Å². The van der Waals surface area contributed by atoms with E-state index >= 15 is 0 Å². The number of carbonyl (C=O) groups is 4. The number of urea groups is 1. The number of ether oxygens (including phenoxy) is 14. The number of primary amides is 1. The number of unbranched alkanes of at least 4 members (excludes halogenated alkanes) is 1. The zero-order valence-electron chi connectivity index (χ0n) is 50.1. The Kier molecular flexibility index (Phi) is 47.6. The average Bonchev–Trinajstić information content (AvgIpc) is 4.01. The minimum absolute atomic E-state index is 0.0347. The molecule has 3 rings (SSSR count). The largest absolute Gasteiger partial charge is 0.496 e. The lowest BCUT2D eigenvalue weighted by atomic mass is 10.1. The quantitative estimate of drug-likeness (QED) is 0.0442. The van der Waals surface area contributed by atoms with E-state index in [2.05, 4.69) is 21.3 Å². The number of nitrogens with one attached hydrogen (secondary N) is 4. The van der Waals surface area contributed by atoms with Gasteiger partial charge in [-0.25, -0.2) is 4.79 Å². The highest BCUT2D eigenvalue weighted by Gasteiger charge is 2.25. The van der Waals surface area contributed by atoms with E-state index in [0.717, 1.165) is 60.3 Å². The lowest BCUT2D eigenvalue weighted by Gasteiger charge is -2.11. The van der Waals surface area contributed by atoms with Gasteiger partial charge in [-0.1, -0.05) is 42.8 Å². The van der Waals surface area contributed by atoms with Crippen molar-refractivity contribution in [2.24, 2.45) is 5.73 Å². The summed E-state index contributed by atoms with van der Waals surface area (Å²) < 4.78 is 77.6. The van der Waals surface area contributed by atoms with Crippen LogP contribution in [0.25, 0.3) is 6.08 Å². The van der Waals surface area contributed by atoms with Crippen LogP contribution in [0.5, 0.6) is 5.75 Å². The molecule has 1 aliphatic rings. The number of benzene rings is 2. The first-order valence-electron chi connectivity index (χ1n) is 29.8. The van der Waals surface area contributed by atoms with Crippen LogP contribution in [0.15, 0.2) is 48.5 Å². The van der Waals surface area contributed by atoms with Crippen LogP contribution in [0.4, 0.5) is 4.79 Å². The van der Waals surface area contributed by atoms with Gasteiger partial charge in [0.05, 0.1) is 179 Å². The van der Waals surface area contributed by atoms with Crippen molar-refractivity contribution in [3.63, 3.8) is 0 Å². The molecule has 1 unspecified atom stereocenters. The number of nitrogens with two attached hydrogens (primary N) is 1. The van der Waals surface area contributed by atoms with Gasteiger partial charge in [0.1, 0.15) is 5.75 Å². The Hall–Kier alpha value is -4.22. The SMILES string of the molecule is COc1cc(/C=C/CCCl)ccc1CCOCCNC(=O)c1ccc(CNC(=O)CCOCCOCCOCCOCCOCCOCCOCCOCCOCCOCCOCCOCCNC(=O)CCCC[C@H]2CC(NC(N)=O)CS2)cc1. The summed E-state index contributed by atoms with van der Waals surface area (Å²) in [4.78, 5) is 48.0. The van der Waals surface area contributed by atoms with Gasteiger partial charge in [-0.3, -0.25) is 14.4 Å². The Morgan fingerprint density at radius 3 is 1.53 bits per heavy atom. The molecule has 2 aromatic rings. The molecule has 1 heterocycles. The molecule has 0 bridgehead atoms. The molecule has 6 N–H and O–H groups in total. The molecule has 25 heteroatoms. The van der Waals surface area contributed by atoms with E-state index in [9.17, 15) is 19.2 Å². The van der Waals surface area contributed by atoms with Crippen molar-refractivity contribution in [2.45, 2.75) is 69.2 Å². The Balaban J connectivity index is 0.931. The molecule has 2 atom stereocenters. The van der Waals surface area contributed by atoms with Gasteiger partial charge in [-0.15, -0.1) is 11.6 Å². The number of rotatable bonds is 58. The van der Waals surface area contributed by atoms with E-state index in [-0.39, 0.29) is 36.8 Å². The molecule has 0 aliphatic carbocycles. The number of thioether (sulfide) groups is 1. The van der Waals surface area contributed by atoms with Crippen LogP contribution in [-0.4, -0.2) is 239 Å². The lowest BCUT2D eigenvalue weighted by Crippen LogP contribution is -2.38. The molecule has 1 fully saturated rings. The number of amides is 5. The van der Waals surface area contributed by atoms with Gasteiger partial charge >= 0.3 is 6.03 Å². The average molecular weight is 1240 g/mol. The summed E-state index contributed by atoms with van der Waals surface area (Å²) in [5.74, 6) is 2.00. The van der Waals surface area contributed by atoms with Crippen LogP contribution in [0.2, 0.25) is 0 Å². The summed E-state index contributed by atoms with van der Waals surface area (Å²) in [7, 11) is 1.65. The number of carbonyl (C=O) groups excluding carboxylic acids is 4. The number of methoxy groups -OCH3 is 1. The summed E-state index contributed by atoms with van der Waals surface area (Å²) >= 11 is 7.61. The Morgan fingerprint density at radius 1 is 0.565 bits per heavy atom. The zero-order valence-corrected chi connectivity index (χ0v) is 51.7. The second kappa shape index (κ2) is 54.0. The molecular formula is C60H98ClN5O18S. The first kappa shape index (κ1) is 75.0. The van der Waals surface area contributed by atoms with Crippen LogP contribution >= 0.6 is 23.4 Å². The highest BCUT2D eigenvalue weighted by atomic mass is 35.5. The molecule has 1 saturated heterocycles. The summed E-state index contributed by atoms with van der Waals surface area (Å²) in [6, 6.07) is 12.9. The monoisotopic (exact) mass is 1240 g/mol. The molecule has 23 nitrogen and oxygen atoms in total. The van der Waals surface area contributed by atoms with Crippen molar-refractivity contribution >= 4 is 53.2 Å². The van der Waals surface area contributed by atoms with Gasteiger partial charge in [-0.2, -0.15) is 11.8 Å². The van der Waals surface area contributed by atoms with Crippen LogP contribution < -0.4 is 31.7 Å². The van der Waals surface area contributed by atoms with E-state index in [1.807, 2.05) is 54.2 Å². The Morgan fingerprint density at radius 2 is 1.04 bits per heavy atom. The van der Waals surface area contributed by atoms with Crippen LogP contribution in [0, 0.1) is 0 Å². The van der Waals surface area contributed by atoms with Crippen LogP contribution in [0.1, 0.15) is 72.0 Å². The van der Waals surface area contributed by atoms with Gasteiger partial charge < -0.3 is 93.3 Å². The first-order valence-corrected chi connectivity index (χ1v) is 31.3. The topological polar surface area (TPSA) is 272 Å². The summed E-state index contributed by atoms with van der Waals surface area (Å²) in [6.07, 6.45) is 10.1. The fourth-order valence-corrected chi connectivity index (χ4v) is 9.49. The van der Waals surface area contributed by atoms with E-state index in [0.29, 0.717) is 214 Å². The van der Waals surface area contributed by atoms with E-state index < -0.39 is 6.03 Å². The molecular weight excluding hydrogens is 1150 g/mol. The summed E-state index contributed by atoms with van der Waals surface area (Å²) in [5, 5.41) is 11.9. The lowest BCUT2D eigenvalue weighted by molar-refractivity contribution is -0.123. The third-order valence-electron chi connectivity index (χ3n) is 12.4. The normalized spacial score (nSPS) is 14.0. The number of halogens is 1. The maximum Gasteiger partial charge on any atom is 0.312 e. The number of hydrogen-bond acceptors (Lipinski definition) is 19. The number of allylic oxidation sites excluding steroid dienone is 1. The second-order valence-electron chi connectivity index (χ2n) is 19.1. The minimum atomic E-state index is -0.466. The van der Waals surface area contributed by atoms with Crippen LogP contribution in [0.3, 0.4) is 0 Å². The smallest absolute Gasteiger partial charge is 0.312 e. The molecule has 0 saturated carbocycles.